The molecule has 3 heterocycles. The van der Waals surface area contributed by atoms with Gasteiger partial charge in [0.05, 0.1) is 6.04 Å². The zero-order valence-corrected chi connectivity index (χ0v) is 15.0. The standard InChI is InChI=1S/C19H24N6/c1-13(21-18-5-4-11-25-19(18)22-14(2)23-25)16-6-8-17(9-7-16)24-12-10-20-15(24)3/h6-10,12-13,18,21H,4-5,11H2,1-3H3. The molecule has 0 spiro atoms. The predicted molar refractivity (Wildman–Crippen MR) is 96.6 cm³/mol. The molecular weight excluding hydrogens is 312 g/mol. The van der Waals surface area contributed by atoms with E-state index in [1.165, 1.54) is 5.56 Å². The van der Waals surface area contributed by atoms with Crippen LogP contribution in [0.25, 0.3) is 5.69 Å². The van der Waals surface area contributed by atoms with Gasteiger partial charge >= 0.3 is 0 Å². The zero-order chi connectivity index (χ0) is 17.4. The van der Waals surface area contributed by atoms with E-state index in [-0.39, 0.29) is 12.1 Å². The van der Waals surface area contributed by atoms with Crippen LogP contribution in [0.3, 0.4) is 0 Å². The number of hydrogen-bond acceptors (Lipinski definition) is 4. The summed E-state index contributed by atoms with van der Waals surface area (Å²) in [6, 6.07) is 9.19. The number of nitrogens with one attached hydrogen (secondary N) is 1. The molecular formula is C19H24N6. The quantitative estimate of drug-likeness (QED) is 0.794. The van der Waals surface area contributed by atoms with Gasteiger partial charge in [0.2, 0.25) is 0 Å². The lowest BCUT2D eigenvalue weighted by Gasteiger charge is -2.26. The molecule has 1 aliphatic rings. The number of nitrogens with zero attached hydrogens (tertiary/aromatic N) is 5. The van der Waals surface area contributed by atoms with Gasteiger partial charge in [-0.1, -0.05) is 12.1 Å². The van der Waals surface area contributed by atoms with Crippen LogP contribution in [0.1, 0.15) is 54.9 Å². The lowest BCUT2D eigenvalue weighted by Crippen LogP contribution is -2.30. The van der Waals surface area contributed by atoms with Gasteiger partial charge in [0.15, 0.2) is 0 Å². The topological polar surface area (TPSA) is 60.6 Å². The predicted octanol–water partition coefficient (Wildman–Crippen LogP) is 3.27. The Morgan fingerprint density at radius 3 is 2.72 bits per heavy atom. The molecule has 25 heavy (non-hydrogen) atoms. The molecule has 0 radical (unpaired) electrons. The van der Waals surface area contributed by atoms with E-state index >= 15 is 0 Å². The van der Waals surface area contributed by atoms with Gasteiger partial charge in [-0.25, -0.2) is 14.6 Å². The summed E-state index contributed by atoms with van der Waals surface area (Å²) >= 11 is 0. The number of aromatic nitrogens is 5. The molecule has 1 aliphatic heterocycles. The summed E-state index contributed by atoms with van der Waals surface area (Å²) in [5.41, 5.74) is 2.41. The first-order valence-electron chi connectivity index (χ1n) is 8.89. The number of rotatable bonds is 4. The Morgan fingerprint density at radius 1 is 1.20 bits per heavy atom. The lowest BCUT2D eigenvalue weighted by atomic mass is 10.0. The summed E-state index contributed by atoms with van der Waals surface area (Å²) in [7, 11) is 0. The lowest BCUT2D eigenvalue weighted by molar-refractivity contribution is 0.344. The minimum absolute atomic E-state index is 0.256. The molecule has 1 N–H and O–H groups in total. The Labute approximate surface area is 147 Å². The number of aryl methyl sites for hydroxylation is 3. The third-order valence-electron chi connectivity index (χ3n) is 4.93. The number of imidazole rings is 1. The number of benzene rings is 1. The highest BCUT2D eigenvalue weighted by atomic mass is 15.4. The van der Waals surface area contributed by atoms with Crippen molar-refractivity contribution in [2.75, 3.05) is 0 Å². The molecule has 0 amide bonds. The number of fused-ring (bicyclic) bond motifs is 1. The monoisotopic (exact) mass is 336 g/mol. The largest absolute Gasteiger partial charge is 0.304 e. The summed E-state index contributed by atoms with van der Waals surface area (Å²) in [5, 5.41) is 8.21. The summed E-state index contributed by atoms with van der Waals surface area (Å²) in [6.45, 7) is 7.16. The smallest absolute Gasteiger partial charge is 0.147 e. The highest BCUT2D eigenvalue weighted by molar-refractivity contribution is 5.36. The van der Waals surface area contributed by atoms with Crippen molar-refractivity contribution in [1.29, 1.82) is 0 Å². The Kier molecular flexibility index (Phi) is 4.13. The molecule has 3 aromatic rings. The molecule has 130 valence electrons. The van der Waals surface area contributed by atoms with E-state index in [0.717, 1.165) is 42.5 Å². The molecule has 0 fully saturated rings. The van der Waals surface area contributed by atoms with Crippen molar-refractivity contribution >= 4 is 0 Å². The fourth-order valence-electron chi connectivity index (χ4n) is 3.60. The van der Waals surface area contributed by atoms with Crippen molar-refractivity contribution in [2.45, 2.75) is 52.2 Å². The van der Waals surface area contributed by atoms with Gasteiger partial charge in [0.25, 0.3) is 0 Å². The molecule has 6 nitrogen and oxygen atoms in total. The van der Waals surface area contributed by atoms with E-state index in [1.807, 2.05) is 30.9 Å². The van der Waals surface area contributed by atoms with Crippen LogP contribution in [0.5, 0.6) is 0 Å². The number of hydrogen-bond donors (Lipinski definition) is 1. The Balaban J connectivity index is 1.50. The Morgan fingerprint density at radius 2 is 2.00 bits per heavy atom. The molecule has 0 saturated heterocycles. The van der Waals surface area contributed by atoms with Crippen LogP contribution in [0.2, 0.25) is 0 Å². The van der Waals surface area contributed by atoms with E-state index in [4.69, 9.17) is 0 Å². The van der Waals surface area contributed by atoms with E-state index in [9.17, 15) is 0 Å². The van der Waals surface area contributed by atoms with Crippen molar-refractivity contribution in [2.24, 2.45) is 0 Å². The molecule has 0 aliphatic carbocycles. The van der Waals surface area contributed by atoms with E-state index in [1.54, 1.807) is 0 Å². The molecule has 1 aromatic carbocycles. The second-order valence-electron chi connectivity index (χ2n) is 6.76. The second kappa shape index (κ2) is 6.44. The molecule has 0 bridgehead atoms. The van der Waals surface area contributed by atoms with Crippen molar-refractivity contribution in [3.05, 3.63) is 59.7 Å². The van der Waals surface area contributed by atoms with Crippen LogP contribution >= 0.6 is 0 Å². The van der Waals surface area contributed by atoms with Crippen molar-refractivity contribution in [3.63, 3.8) is 0 Å². The Bertz CT molecular complexity index is 860. The average Bonchev–Trinajstić information content (AvgIpc) is 3.20. The molecule has 2 atom stereocenters. The van der Waals surface area contributed by atoms with Crippen LogP contribution in [0.4, 0.5) is 0 Å². The van der Waals surface area contributed by atoms with Gasteiger partial charge in [-0.2, -0.15) is 5.10 Å². The maximum atomic E-state index is 4.62. The first-order chi connectivity index (χ1) is 12.1. The summed E-state index contributed by atoms with van der Waals surface area (Å²) in [4.78, 5) is 8.90. The van der Waals surface area contributed by atoms with Crippen LogP contribution in [0, 0.1) is 13.8 Å². The van der Waals surface area contributed by atoms with Gasteiger partial charge in [0, 0.05) is 30.7 Å². The normalized spacial score (nSPS) is 18.1. The van der Waals surface area contributed by atoms with Crippen LogP contribution in [0.15, 0.2) is 36.7 Å². The zero-order valence-electron chi connectivity index (χ0n) is 15.0. The Hall–Kier alpha value is -2.47. The van der Waals surface area contributed by atoms with Crippen LogP contribution in [-0.4, -0.2) is 24.3 Å². The maximum absolute atomic E-state index is 4.62. The minimum Gasteiger partial charge on any atom is -0.304 e. The highest BCUT2D eigenvalue weighted by Crippen LogP contribution is 2.27. The first kappa shape index (κ1) is 16.0. The fourth-order valence-corrected chi connectivity index (χ4v) is 3.60. The van der Waals surface area contributed by atoms with Crippen molar-refractivity contribution in [3.8, 4) is 5.69 Å². The van der Waals surface area contributed by atoms with Crippen molar-refractivity contribution < 1.29 is 0 Å². The van der Waals surface area contributed by atoms with Gasteiger partial charge in [0.1, 0.15) is 17.5 Å². The van der Waals surface area contributed by atoms with Gasteiger partial charge in [-0.05, 0) is 51.3 Å². The SMILES string of the molecule is Cc1nc2n(n1)CCCC2NC(C)c1ccc(-n2ccnc2C)cc1. The van der Waals surface area contributed by atoms with Crippen molar-refractivity contribution in [1.82, 2.24) is 29.6 Å². The fraction of sp³-hybridized carbons (Fsp3) is 0.421. The maximum Gasteiger partial charge on any atom is 0.147 e. The third-order valence-corrected chi connectivity index (χ3v) is 4.93. The summed E-state index contributed by atoms with van der Waals surface area (Å²) in [6.07, 6.45) is 6.06. The average molecular weight is 336 g/mol. The first-order valence-corrected chi connectivity index (χ1v) is 8.89. The minimum atomic E-state index is 0.256. The van der Waals surface area contributed by atoms with E-state index < -0.39 is 0 Å². The van der Waals surface area contributed by atoms with Crippen LogP contribution in [-0.2, 0) is 6.54 Å². The highest BCUT2D eigenvalue weighted by Gasteiger charge is 2.25. The van der Waals surface area contributed by atoms with Crippen LogP contribution < -0.4 is 5.32 Å². The molecule has 0 saturated carbocycles. The molecule has 2 unspecified atom stereocenters. The second-order valence-corrected chi connectivity index (χ2v) is 6.76. The van der Waals surface area contributed by atoms with E-state index in [0.29, 0.717) is 0 Å². The van der Waals surface area contributed by atoms with Gasteiger partial charge in [-0.15, -0.1) is 0 Å². The van der Waals surface area contributed by atoms with Gasteiger partial charge in [-0.3, -0.25) is 0 Å². The van der Waals surface area contributed by atoms with E-state index in [2.05, 4.69) is 56.1 Å². The summed E-state index contributed by atoms with van der Waals surface area (Å²) < 4.78 is 4.14. The molecule has 2 aromatic heterocycles. The van der Waals surface area contributed by atoms with Gasteiger partial charge < -0.3 is 9.88 Å². The molecule has 4 rings (SSSR count). The third kappa shape index (κ3) is 3.09. The molecule has 6 heteroatoms. The summed E-state index contributed by atoms with van der Waals surface area (Å²) in [5.74, 6) is 2.92.